The molecule has 108 valence electrons. The molecule has 0 aromatic heterocycles. The lowest BCUT2D eigenvalue weighted by molar-refractivity contribution is 0.241. The van der Waals surface area contributed by atoms with Crippen LogP contribution < -0.4 is 10.5 Å². The largest absolute Gasteiger partial charge is 0.494 e. The van der Waals surface area contributed by atoms with Crippen LogP contribution in [0.1, 0.15) is 32.3 Å². The summed E-state index contributed by atoms with van der Waals surface area (Å²) in [4.78, 5) is 2.38. The molecule has 3 nitrogen and oxygen atoms in total. The number of hydrogen-bond donors (Lipinski definition) is 1. The molecule has 0 saturated heterocycles. The molecule has 1 aromatic carbocycles. The molecule has 0 radical (unpaired) electrons. The summed E-state index contributed by atoms with van der Waals surface area (Å²) in [5.41, 5.74) is 6.73. The van der Waals surface area contributed by atoms with E-state index in [2.05, 4.69) is 25.8 Å². The van der Waals surface area contributed by atoms with Crippen LogP contribution in [-0.4, -0.2) is 31.6 Å². The van der Waals surface area contributed by atoms with Crippen molar-refractivity contribution in [2.75, 3.05) is 26.7 Å². The molecular formula is C16H28N2O. The molecule has 1 atom stereocenters. The Labute approximate surface area is 117 Å². The fraction of sp³-hybridized carbons (Fsp3) is 0.625. The maximum absolute atomic E-state index is 5.75. The van der Waals surface area contributed by atoms with Crippen molar-refractivity contribution in [1.29, 1.82) is 0 Å². The molecule has 2 N–H and O–H groups in total. The Kier molecular flexibility index (Phi) is 7.53. The lowest BCUT2D eigenvalue weighted by Crippen LogP contribution is -2.26. The van der Waals surface area contributed by atoms with Crippen LogP contribution in [0.15, 0.2) is 24.3 Å². The maximum atomic E-state index is 5.75. The van der Waals surface area contributed by atoms with Crippen molar-refractivity contribution in [3.05, 3.63) is 29.8 Å². The predicted octanol–water partition coefficient (Wildman–Crippen LogP) is 2.89. The summed E-state index contributed by atoms with van der Waals surface area (Å²) in [6.07, 6.45) is 2.30. The normalized spacial score (nSPS) is 12.7. The van der Waals surface area contributed by atoms with Crippen LogP contribution in [0.2, 0.25) is 0 Å². The number of nitrogens with zero attached hydrogens (tertiary/aromatic N) is 1. The van der Waals surface area contributed by atoms with Gasteiger partial charge in [-0.3, -0.25) is 0 Å². The Morgan fingerprint density at radius 1 is 1.37 bits per heavy atom. The quantitative estimate of drug-likeness (QED) is 0.697. The van der Waals surface area contributed by atoms with Crippen molar-refractivity contribution in [2.24, 2.45) is 11.7 Å². The first kappa shape index (κ1) is 16.0. The highest BCUT2D eigenvalue weighted by Gasteiger charge is 2.04. The van der Waals surface area contributed by atoms with Gasteiger partial charge in [0, 0.05) is 19.6 Å². The minimum Gasteiger partial charge on any atom is -0.494 e. The van der Waals surface area contributed by atoms with Gasteiger partial charge in [-0.25, -0.2) is 0 Å². The monoisotopic (exact) mass is 264 g/mol. The second kappa shape index (κ2) is 8.94. The van der Waals surface area contributed by atoms with Crippen LogP contribution in [0.5, 0.6) is 5.75 Å². The Hall–Kier alpha value is -1.06. The highest BCUT2D eigenvalue weighted by atomic mass is 16.5. The van der Waals surface area contributed by atoms with E-state index >= 15 is 0 Å². The molecular weight excluding hydrogens is 236 g/mol. The van der Waals surface area contributed by atoms with Gasteiger partial charge in [-0.1, -0.05) is 32.4 Å². The van der Waals surface area contributed by atoms with Gasteiger partial charge in [-0.15, -0.1) is 0 Å². The van der Waals surface area contributed by atoms with Gasteiger partial charge in [0.05, 0.1) is 6.61 Å². The molecule has 1 unspecified atom stereocenters. The van der Waals surface area contributed by atoms with E-state index in [0.717, 1.165) is 36.8 Å². The summed E-state index contributed by atoms with van der Waals surface area (Å²) in [7, 11) is 2.18. The molecule has 0 aliphatic rings. The minimum atomic E-state index is 0.564. The lowest BCUT2D eigenvalue weighted by Gasteiger charge is -2.20. The van der Waals surface area contributed by atoms with Crippen molar-refractivity contribution >= 4 is 0 Å². The topological polar surface area (TPSA) is 38.5 Å². The average Bonchev–Trinajstić information content (AvgIpc) is 2.43. The fourth-order valence-electron chi connectivity index (χ4n) is 2.04. The maximum Gasteiger partial charge on any atom is 0.119 e. The van der Waals surface area contributed by atoms with E-state index in [1.165, 1.54) is 13.0 Å². The second-order valence-corrected chi connectivity index (χ2v) is 5.33. The third kappa shape index (κ3) is 6.60. The van der Waals surface area contributed by atoms with E-state index in [9.17, 15) is 0 Å². The van der Waals surface area contributed by atoms with Crippen molar-refractivity contribution in [1.82, 2.24) is 4.90 Å². The molecule has 0 spiro atoms. The standard InChI is InChI=1S/C16H28N2O/c1-4-14(2)13-18(3)9-6-10-19-16-8-5-7-15(11-16)12-17/h5,7-8,11,14H,4,6,9-10,12-13,17H2,1-3H3. The summed E-state index contributed by atoms with van der Waals surface area (Å²) in [5, 5.41) is 0. The van der Waals surface area contributed by atoms with Crippen LogP contribution in [0.4, 0.5) is 0 Å². The van der Waals surface area contributed by atoms with Crippen LogP contribution in [0.3, 0.4) is 0 Å². The summed E-state index contributed by atoms with van der Waals surface area (Å²) >= 11 is 0. The van der Waals surface area contributed by atoms with Gasteiger partial charge in [0.15, 0.2) is 0 Å². The number of benzene rings is 1. The molecule has 0 fully saturated rings. The van der Waals surface area contributed by atoms with Crippen LogP contribution >= 0.6 is 0 Å². The number of nitrogens with two attached hydrogens (primary N) is 1. The first-order valence-electron chi connectivity index (χ1n) is 7.26. The van der Waals surface area contributed by atoms with E-state index in [4.69, 9.17) is 10.5 Å². The first-order chi connectivity index (χ1) is 9.15. The van der Waals surface area contributed by atoms with Crippen molar-refractivity contribution in [2.45, 2.75) is 33.2 Å². The molecule has 1 rings (SSSR count). The average molecular weight is 264 g/mol. The second-order valence-electron chi connectivity index (χ2n) is 5.33. The molecule has 0 amide bonds. The number of hydrogen-bond acceptors (Lipinski definition) is 3. The SMILES string of the molecule is CCC(C)CN(C)CCCOc1cccc(CN)c1. The van der Waals surface area contributed by atoms with E-state index in [0.29, 0.717) is 6.54 Å². The summed E-state index contributed by atoms with van der Waals surface area (Å²) in [6.45, 7) is 8.12. The molecule has 0 heterocycles. The fourth-order valence-corrected chi connectivity index (χ4v) is 2.04. The zero-order valence-corrected chi connectivity index (χ0v) is 12.6. The van der Waals surface area contributed by atoms with Gasteiger partial charge < -0.3 is 15.4 Å². The van der Waals surface area contributed by atoms with E-state index < -0.39 is 0 Å². The van der Waals surface area contributed by atoms with Gasteiger partial charge in [0.25, 0.3) is 0 Å². The van der Waals surface area contributed by atoms with E-state index in [-0.39, 0.29) is 0 Å². The van der Waals surface area contributed by atoms with E-state index in [1.54, 1.807) is 0 Å². The molecule has 19 heavy (non-hydrogen) atoms. The zero-order valence-electron chi connectivity index (χ0n) is 12.6. The van der Waals surface area contributed by atoms with Crippen molar-refractivity contribution in [3.8, 4) is 5.75 Å². The Bertz CT molecular complexity index is 354. The summed E-state index contributed by atoms with van der Waals surface area (Å²) < 4.78 is 5.75. The number of ether oxygens (including phenoxy) is 1. The Morgan fingerprint density at radius 2 is 2.16 bits per heavy atom. The molecule has 0 saturated carbocycles. The van der Waals surface area contributed by atoms with Crippen molar-refractivity contribution in [3.63, 3.8) is 0 Å². The molecule has 0 aliphatic heterocycles. The zero-order chi connectivity index (χ0) is 14.1. The third-order valence-corrected chi connectivity index (χ3v) is 3.41. The van der Waals surface area contributed by atoms with Gasteiger partial charge in [0.1, 0.15) is 5.75 Å². The van der Waals surface area contributed by atoms with Crippen molar-refractivity contribution < 1.29 is 4.74 Å². The summed E-state index contributed by atoms with van der Waals surface area (Å²) in [5.74, 6) is 1.69. The van der Waals surface area contributed by atoms with Gasteiger partial charge in [-0.2, -0.15) is 0 Å². The van der Waals surface area contributed by atoms with Gasteiger partial charge >= 0.3 is 0 Å². The Balaban J connectivity index is 2.19. The van der Waals surface area contributed by atoms with Crippen LogP contribution in [0, 0.1) is 5.92 Å². The smallest absolute Gasteiger partial charge is 0.119 e. The van der Waals surface area contributed by atoms with Crippen LogP contribution in [-0.2, 0) is 6.54 Å². The molecule has 3 heteroatoms. The van der Waals surface area contributed by atoms with Crippen LogP contribution in [0.25, 0.3) is 0 Å². The first-order valence-corrected chi connectivity index (χ1v) is 7.26. The molecule has 0 bridgehead atoms. The predicted molar refractivity (Wildman–Crippen MR) is 81.4 cm³/mol. The highest BCUT2D eigenvalue weighted by Crippen LogP contribution is 2.13. The van der Waals surface area contributed by atoms with Gasteiger partial charge in [0.2, 0.25) is 0 Å². The van der Waals surface area contributed by atoms with E-state index in [1.807, 2.05) is 24.3 Å². The lowest BCUT2D eigenvalue weighted by atomic mass is 10.1. The Morgan fingerprint density at radius 3 is 2.84 bits per heavy atom. The minimum absolute atomic E-state index is 0.564. The van der Waals surface area contributed by atoms with Gasteiger partial charge in [-0.05, 0) is 37.1 Å². The molecule has 0 aliphatic carbocycles. The molecule has 1 aromatic rings. The number of rotatable bonds is 9. The summed E-state index contributed by atoms with van der Waals surface area (Å²) in [6, 6.07) is 8.02. The third-order valence-electron chi connectivity index (χ3n) is 3.41. The highest BCUT2D eigenvalue weighted by molar-refractivity contribution is 5.28.